The first-order valence-corrected chi connectivity index (χ1v) is 6.40. The number of hydrogen-bond acceptors (Lipinski definition) is 2. The van der Waals surface area contributed by atoms with Crippen LogP contribution in [0, 0.1) is 25.2 Å². The Bertz CT molecular complexity index is 325. The van der Waals surface area contributed by atoms with E-state index in [4.69, 9.17) is 0 Å². The lowest BCUT2D eigenvalue weighted by atomic mass is 9.82. The highest BCUT2D eigenvalue weighted by molar-refractivity contribution is 9.09. The van der Waals surface area contributed by atoms with Crippen LogP contribution in [0.1, 0.15) is 32.4 Å². The van der Waals surface area contributed by atoms with E-state index < -0.39 is 0 Å². The molecule has 0 aliphatic rings. The Morgan fingerprint density at radius 2 is 1.93 bits per heavy atom. The topological polar surface area (TPSA) is 30.7 Å². The molecule has 1 heterocycles. The van der Waals surface area contributed by atoms with Gasteiger partial charge in [-0.15, -0.1) is 0 Å². The molecule has 1 atom stereocenters. The summed E-state index contributed by atoms with van der Waals surface area (Å²) in [4.78, 5) is 4.32. The lowest BCUT2D eigenvalue weighted by molar-refractivity contribution is 0.230. The Balaban J connectivity index is 2.80. The zero-order chi connectivity index (χ0) is 11.6. The minimum atomic E-state index is 0.287. The van der Waals surface area contributed by atoms with Crippen molar-refractivity contribution >= 4 is 15.9 Å². The zero-order valence-electron chi connectivity index (χ0n) is 10.2. The van der Waals surface area contributed by atoms with Crippen LogP contribution in [-0.2, 0) is 6.54 Å². The summed E-state index contributed by atoms with van der Waals surface area (Å²) in [5, 5.41) is 5.39. The van der Waals surface area contributed by atoms with Gasteiger partial charge in [-0.2, -0.15) is 5.10 Å². The summed E-state index contributed by atoms with van der Waals surface area (Å²) in [6.07, 6.45) is 0. The average molecular weight is 274 g/mol. The number of rotatable bonds is 3. The molecule has 1 rings (SSSR count). The minimum absolute atomic E-state index is 0.287. The van der Waals surface area contributed by atoms with Crippen molar-refractivity contribution < 1.29 is 0 Å². The molecular weight excluding hydrogens is 254 g/mol. The number of hydrogen-bond donors (Lipinski definition) is 0. The molecule has 0 bridgehead atoms. The van der Waals surface area contributed by atoms with Crippen molar-refractivity contribution in [3.05, 3.63) is 11.6 Å². The van der Waals surface area contributed by atoms with Crippen LogP contribution in [0.2, 0.25) is 0 Å². The molecule has 0 N–H and O–H groups in total. The van der Waals surface area contributed by atoms with Gasteiger partial charge >= 0.3 is 0 Å². The Labute approximate surface area is 100 Å². The molecule has 1 aromatic heterocycles. The second-order valence-electron chi connectivity index (χ2n) is 5.11. The lowest BCUT2D eigenvalue weighted by Crippen LogP contribution is -2.27. The summed E-state index contributed by atoms with van der Waals surface area (Å²) in [6, 6.07) is 0. The fraction of sp³-hybridized carbons (Fsp3) is 0.818. The standard InChI is InChI=1S/C11H20BrN3/c1-8-13-9(2)15(14-8)7-10(6-12)11(3,4)5/h10H,6-7H2,1-5H3. The van der Waals surface area contributed by atoms with Gasteiger partial charge in [0.1, 0.15) is 11.6 Å². The van der Waals surface area contributed by atoms with Gasteiger partial charge in [0.05, 0.1) is 0 Å². The molecule has 1 aromatic rings. The SMILES string of the molecule is Cc1nc(C)n(CC(CBr)C(C)(C)C)n1. The quantitative estimate of drug-likeness (QED) is 0.793. The Kier molecular flexibility index (Phi) is 3.93. The molecule has 4 heteroatoms. The van der Waals surface area contributed by atoms with E-state index in [0.717, 1.165) is 23.5 Å². The normalized spacial score (nSPS) is 14.3. The van der Waals surface area contributed by atoms with Gasteiger partial charge < -0.3 is 0 Å². The van der Waals surface area contributed by atoms with Gasteiger partial charge in [-0.3, -0.25) is 0 Å². The number of nitrogens with zero attached hydrogens (tertiary/aromatic N) is 3. The Hall–Kier alpha value is -0.380. The smallest absolute Gasteiger partial charge is 0.147 e. The van der Waals surface area contributed by atoms with Crippen LogP contribution in [0.25, 0.3) is 0 Å². The third-order valence-corrected chi connectivity index (χ3v) is 3.55. The summed E-state index contributed by atoms with van der Waals surface area (Å²) in [5.74, 6) is 2.43. The third kappa shape index (κ3) is 3.30. The molecule has 1 unspecified atom stereocenters. The predicted molar refractivity (Wildman–Crippen MR) is 66.2 cm³/mol. The van der Waals surface area contributed by atoms with Crippen molar-refractivity contribution in [2.45, 2.75) is 41.2 Å². The summed E-state index contributed by atoms with van der Waals surface area (Å²) >= 11 is 3.58. The molecule has 0 spiro atoms. The number of halogens is 1. The van der Waals surface area contributed by atoms with Crippen LogP contribution < -0.4 is 0 Å². The second kappa shape index (κ2) is 4.64. The Morgan fingerprint density at radius 1 is 1.33 bits per heavy atom. The number of alkyl halides is 1. The van der Waals surface area contributed by atoms with Gasteiger partial charge in [0.15, 0.2) is 0 Å². The van der Waals surface area contributed by atoms with Crippen molar-refractivity contribution in [1.29, 1.82) is 0 Å². The first-order valence-electron chi connectivity index (χ1n) is 5.28. The maximum Gasteiger partial charge on any atom is 0.147 e. The van der Waals surface area contributed by atoms with Gasteiger partial charge in [-0.05, 0) is 25.2 Å². The van der Waals surface area contributed by atoms with E-state index >= 15 is 0 Å². The average Bonchev–Trinajstić information content (AvgIpc) is 2.38. The van der Waals surface area contributed by atoms with Crippen molar-refractivity contribution in [2.24, 2.45) is 11.3 Å². The van der Waals surface area contributed by atoms with E-state index in [2.05, 4.69) is 46.8 Å². The maximum atomic E-state index is 4.40. The molecule has 0 saturated heterocycles. The summed E-state index contributed by atoms with van der Waals surface area (Å²) in [5.41, 5.74) is 0.287. The van der Waals surface area contributed by atoms with Gasteiger partial charge in [0.25, 0.3) is 0 Å². The molecule has 3 nitrogen and oxygen atoms in total. The van der Waals surface area contributed by atoms with E-state index in [1.165, 1.54) is 0 Å². The fourth-order valence-electron chi connectivity index (χ4n) is 1.50. The first-order chi connectivity index (χ1) is 6.84. The van der Waals surface area contributed by atoms with Crippen LogP contribution in [0.4, 0.5) is 0 Å². The molecule has 0 aliphatic heterocycles. The molecule has 15 heavy (non-hydrogen) atoms. The molecule has 0 amide bonds. The van der Waals surface area contributed by atoms with Crippen molar-refractivity contribution in [3.63, 3.8) is 0 Å². The highest BCUT2D eigenvalue weighted by Gasteiger charge is 2.24. The highest BCUT2D eigenvalue weighted by atomic mass is 79.9. The second-order valence-corrected chi connectivity index (χ2v) is 5.75. The van der Waals surface area contributed by atoms with E-state index in [0.29, 0.717) is 5.92 Å². The molecule has 0 saturated carbocycles. The molecule has 0 fully saturated rings. The summed E-state index contributed by atoms with van der Waals surface area (Å²) in [6.45, 7) is 11.7. The molecule has 0 aliphatic carbocycles. The van der Waals surface area contributed by atoms with Gasteiger partial charge in [0, 0.05) is 11.9 Å². The predicted octanol–water partition coefficient (Wildman–Crippen LogP) is 2.95. The third-order valence-electron chi connectivity index (χ3n) is 2.77. The largest absolute Gasteiger partial charge is 0.250 e. The van der Waals surface area contributed by atoms with Crippen LogP contribution in [0.5, 0.6) is 0 Å². The lowest BCUT2D eigenvalue weighted by Gasteiger charge is -2.29. The van der Waals surface area contributed by atoms with Gasteiger partial charge in [-0.1, -0.05) is 36.7 Å². The molecular formula is C11H20BrN3. The fourth-order valence-corrected chi connectivity index (χ4v) is 2.67. The number of aromatic nitrogens is 3. The molecule has 0 radical (unpaired) electrons. The monoisotopic (exact) mass is 273 g/mol. The van der Waals surface area contributed by atoms with Gasteiger partial charge in [0.2, 0.25) is 0 Å². The minimum Gasteiger partial charge on any atom is -0.250 e. The first kappa shape index (κ1) is 12.7. The van der Waals surface area contributed by atoms with Crippen LogP contribution in [0.15, 0.2) is 0 Å². The van der Waals surface area contributed by atoms with Gasteiger partial charge in [-0.25, -0.2) is 9.67 Å². The van der Waals surface area contributed by atoms with E-state index in [1.54, 1.807) is 0 Å². The van der Waals surface area contributed by atoms with Crippen LogP contribution in [0.3, 0.4) is 0 Å². The van der Waals surface area contributed by atoms with Crippen molar-refractivity contribution in [1.82, 2.24) is 14.8 Å². The molecule has 0 aromatic carbocycles. The van der Waals surface area contributed by atoms with Crippen LogP contribution >= 0.6 is 15.9 Å². The zero-order valence-corrected chi connectivity index (χ0v) is 11.8. The van der Waals surface area contributed by atoms with E-state index in [1.807, 2.05) is 18.5 Å². The summed E-state index contributed by atoms with van der Waals surface area (Å²) < 4.78 is 2.01. The summed E-state index contributed by atoms with van der Waals surface area (Å²) in [7, 11) is 0. The number of aryl methyl sites for hydroxylation is 2. The molecule has 86 valence electrons. The van der Waals surface area contributed by atoms with E-state index in [-0.39, 0.29) is 5.41 Å². The Morgan fingerprint density at radius 3 is 2.27 bits per heavy atom. The van der Waals surface area contributed by atoms with Crippen molar-refractivity contribution in [2.75, 3.05) is 5.33 Å². The highest BCUT2D eigenvalue weighted by Crippen LogP contribution is 2.28. The maximum absolute atomic E-state index is 4.40. The van der Waals surface area contributed by atoms with E-state index in [9.17, 15) is 0 Å². The van der Waals surface area contributed by atoms with Crippen LogP contribution in [-0.4, -0.2) is 20.1 Å². The van der Waals surface area contributed by atoms with Crippen molar-refractivity contribution in [3.8, 4) is 0 Å².